The van der Waals surface area contributed by atoms with Gasteiger partial charge in [-0.25, -0.2) is 4.79 Å². The van der Waals surface area contributed by atoms with E-state index in [0.717, 1.165) is 11.8 Å². The van der Waals surface area contributed by atoms with E-state index in [-0.39, 0.29) is 0 Å². The lowest BCUT2D eigenvalue weighted by atomic mass is 10.1. The van der Waals surface area contributed by atoms with Gasteiger partial charge in [-0.05, 0) is 30.7 Å². The first-order valence-corrected chi connectivity index (χ1v) is 6.08. The first kappa shape index (κ1) is 15.0. The molecule has 1 atom stereocenters. The van der Waals surface area contributed by atoms with E-state index in [1.165, 1.54) is 11.1 Å². The number of aliphatic carboxylic acids is 1. The van der Waals surface area contributed by atoms with Gasteiger partial charge in [0, 0.05) is 0 Å². The van der Waals surface area contributed by atoms with Crippen molar-refractivity contribution in [2.75, 3.05) is 5.75 Å². The Morgan fingerprint density at radius 3 is 1.94 bits per heavy atom. The maximum absolute atomic E-state index is 9.82. The summed E-state index contributed by atoms with van der Waals surface area (Å²) in [5.74, 6) is -0.551. The van der Waals surface area contributed by atoms with Gasteiger partial charge < -0.3 is 10.2 Å². The van der Waals surface area contributed by atoms with Crippen LogP contribution in [0.15, 0.2) is 24.3 Å². The van der Waals surface area contributed by atoms with Crippen LogP contribution >= 0.6 is 11.8 Å². The highest BCUT2D eigenvalue weighted by Crippen LogP contribution is 2.05. The third kappa shape index (κ3) is 6.48. The molecule has 1 rings (SSSR count). The number of hydrogen-bond acceptors (Lipinski definition) is 3. The van der Waals surface area contributed by atoms with Crippen molar-refractivity contribution >= 4 is 17.7 Å². The molecule has 0 aliphatic rings. The molecule has 0 bridgehead atoms. The largest absolute Gasteiger partial charge is 0.479 e. The van der Waals surface area contributed by atoms with Crippen LogP contribution < -0.4 is 0 Å². The van der Waals surface area contributed by atoms with E-state index in [9.17, 15) is 4.79 Å². The summed E-state index contributed by atoms with van der Waals surface area (Å²) in [4.78, 5) is 9.82. The summed E-state index contributed by atoms with van der Waals surface area (Å²) in [6.45, 7) is 6.03. The summed E-state index contributed by atoms with van der Waals surface area (Å²) < 4.78 is 0. The van der Waals surface area contributed by atoms with Crippen LogP contribution in [0, 0.1) is 13.8 Å². The number of benzene rings is 1. The van der Waals surface area contributed by atoms with Gasteiger partial charge in [-0.3, -0.25) is 0 Å². The van der Waals surface area contributed by atoms with Crippen LogP contribution in [0.4, 0.5) is 0 Å². The Bertz CT molecular complexity index is 305. The standard InChI is InChI=1S/C8H10.C4H8O3S/c1-7-5-3-4-6-8(7)2;1-2-8-4(7)3(5)6/h3-6H,1-2H3;4,7H,2H2,1H3,(H,5,6). The maximum Gasteiger partial charge on any atom is 0.343 e. The number of carboxylic acid groups (broad SMARTS) is 1. The molecule has 0 aliphatic carbocycles. The minimum Gasteiger partial charge on any atom is -0.479 e. The van der Waals surface area contributed by atoms with Crippen LogP contribution in [0.25, 0.3) is 0 Å². The van der Waals surface area contributed by atoms with E-state index < -0.39 is 11.4 Å². The van der Waals surface area contributed by atoms with Crippen molar-refractivity contribution in [2.24, 2.45) is 0 Å². The number of carbonyl (C=O) groups is 1. The third-order valence-electron chi connectivity index (χ3n) is 1.96. The van der Waals surface area contributed by atoms with Crippen LogP contribution in [0.3, 0.4) is 0 Å². The van der Waals surface area contributed by atoms with E-state index in [2.05, 4.69) is 38.1 Å². The Kier molecular flexibility index (Phi) is 7.68. The number of rotatable bonds is 3. The van der Waals surface area contributed by atoms with Gasteiger partial charge in [-0.15, -0.1) is 11.8 Å². The smallest absolute Gasteiger partial charge is 0.343 e. The molecule has 0 aliphatic heterocycles. The number of aliphatic hydroxyl groups excluding tert-OH is 1. The van der Waals surface area contributed by atoms with Crippen molar-refractivity contribution < 1.29 is 15.0 Å². The molecule has 0 amide bonds. The molecule has 2 N–H and O–H groups in total. The average Bonchev–Trinajstić information content (AvgIpc) is 2.24. The molecule has 1 unspecified atom stereocenters. The molecule has 4 heteroatoms. The van der Waals surface area contributed by atoms with Gasteiger partial charge in [0.25, 0.3) is 0 Å². The third-order valence-corrected chi connectivity index (χ3v) is 2.81. The van der Waals surface area contributed by atoms with Gasteiger partial charge in [-0.1, -0.05) is 31.2 Å². The Morgan fingerprint density at radius 2 is 1.75 bits per heavy atom. The fourth-order valence-corrected chi connectivity index (χ4v) is 1.35. The molecule has 0 aromatic heterocycles. The summed E-state index contributed by atoms with van der Waals surface area (Å²) in [5.41, 5.74) is 1.49. The molecule has 0 saturated carbocycles. The van der Waals surface area contributed by atoms with Gasteiger partial charge in [0.2, 0.25) is 0 Å². The lowest BCUT2D eigenvalue weighted by molar-refractivity contribution is -0.141. The highest BCUT2D eigenvalue weighted by atomic mass is 32.2. The number of aliphatic hydroxyl groups is 1. The molecule has 0 fully saturated rings. The molecule has 90 valence electrons. The number of aryl methyl sites for hydroxylation is 2. The molecule has 1 aromatic rings. The van der Waals surface area contributed by atoms with E-state index in [0.29, 0.717) is 5.75 Å². The fraction of sp³-hybridized carbons (Fsp3) is 0.417. The molecule has 1 aromatic carbocycles. The van der Waals surface area contributed by atoms with Gasteiger partial charge in [0.05, 0.1) is 0 Å². The zero-order chi connectivity index (χ0) is 12.6. The summed E-state index contributed by atoms with van der Waals surface area (Å²) >= 11 is 0.995. The molecular weight excluding hydrogens is 224 g/mol. The van der Waals surface area contributed by atoms with Crippen LogP contribution in [-0.4, -0.2) is 27.4 Å². The van der Waals surface area contributed by atoms with Crippen molar-refractivity contribution in [3.8, 4) is 0 Å². The number of hydrogen-bond donors (Lipinski definition) is 2. The number of carboxylic acids is 1. The normalized spacial score (nSPS) is 11.2. The SMILES string of the molecule is CCSC(O)C(=O)O.Cc1ccccc1C. The van der Waals surface area contributed by atoms with Crippen molar-refractivity contribution in [2.45, 2.75) is 26.2 Å². The van der Waals surface area contributed by atoms with E-state index in [1.54, 1.807) is 6.92 Å². The number of thioether (sulfide) groups is 1. The summed E-state index contributed by atoms with van der Waals surface area (Å²) in [6.07, 6.45) is 0. The molecule has 0 spiro atoms. The van der Waals surface area contributed by atoms with Crippen LogP contribution in [0.5, 0.6) is 0 Å². The van der Waals surface area contributed by atoms with Crippen LogP contribution in [0.1, 0.15) is 18.1 Å². The molecule has 0 radical (unpaired) electrons. The second-order valence-corrected chi connectivity index (χ2v) is 4.59. The van der Waals surface area contributed by atoms with Crippen LogP contribution in [0.2, 0.25) is 0 Å². The van der Waals surface area contributed by atoms with Crippen molar-refractivity contribution in [1.82, 2.24) is 0 Å². The second-order valence-electron chi connectivity index (χ2n) is 3.23. The maximum atomic E-state index is 9.82. The lowest BCUT2D eigenvalue weighted by Crippen LogP contribution is -2.14. The Labute approximate surface area is 100 Å². The highest BCUT2D eigenvalue weighted by Gasteiger charge is 2.10. The van der Waals surface area contributed by atoms with E-state index in [4.69, 9.17) is 10.2 Å². The Hall–Kier alpha value is -1.00. The minimum absolute atomic E-state index is 0.619. The van der Waals surface area contributed by atoms with Gasteiger partial charge in [0.15, 0.2) is 5.44 Å². The molecule has 0 heterocycles. The van der Waals surface area contributed by atoms with Crippen molar-refractivity contribution in [3.05, 3.63) is 35.4 Å². The first-order chi connectivity index (χ1) is 7.49. The zero-order valence-electron chi connectivity index (χ0n) is 9.80. The Morgan fingerprint density at radius 1 is 1.31 bits per heavy atom. The van der Waals surface area contributed by atoms with Gasteiger partial charge in [-0.2, -0.15) is 0 Å². The molecule has 3 nitrogen and oxygen atoms in total. The van der Waals surface area contributed by atoms with Gasteiger partial charge >= 0.3 is 5.97 Å². The van der Waals surface area contributed by atoms with Crippen molar-refractivity contribution in [1.29, 1.82) is 0 Å². The monoisotopic (exact) mass is 242 g/mol. The zero-order valence-corrected chi connectivity index (χ0v) is 10.6. The summed E-state index contributed by atoms with van der Waals surface area (Å²) in [6, 6.07) is 8.36. The second kappa shape index (κ2) is 8.19. The van der Waals surface area contributed by atoms with E-state index >= 15 is 0 Å². The first-order valence-electron chi connectivity index (χ1n) is 5.03. The summed E-state index contributed by atoms with van der Waals surface area (Å²) in [5, 5.41) is 16.5. The van der Waals surface area contributed by atoms with Crippen molar-refractivity contribution in [3.63, 3.8) is 0 Å². The predicted octanol–water partition coefficient (Wildman–Crippen LogP) is 2.45. The fourth-order valence-electron chi connectivity index (χ4n) is 0.892. The molecule has 0 saturated heterocycles. The van der Waals surface area contributed by atoms with Gasteiger partial charge in [0.1, 0.15) is 0 Å². The quantitative estimate of drug-likeness (QED) is 0.799. The highest BCUT2D eigenvalue weighted by molar-refractivity contribution is 8.00. The topological polar surface area (TPSA) is 57.5 Å². The lowest BCUT2D eigenvalue weighted by Gasteiger charge is -1.99. The molecular formula is C12H18O3S. The predicted molar refractivity (Wildman–Crippen MR) is 67.7 cm³/mol. The minimum atomic E-state index is -1.25. The average molecular weight is 242 g/mol. The molecule has 16 heavy (non-hydrogen) atoms. The van der Waals surface area contributed by atoms with Crippen LogP contribution in [-0.2, 0) is 4.79 Å². The van der Waals surface area contributed by atoms with E-state index in [1.807, 2.05) is 0 Å². The summed E-state index contributed by atoms with van der Waals surface area (Å²) in [7, 11) is 0. The Balaban J connectivity index is 0.000000281.